The number of nitrogens with one attached hydrogen (secondary N) is 2. The fraction of sp³-hybridized carbons (Fsp3) is 0.0476. The summed E-state index contributed by atoms with van der Waals surface area (Å²) in [7, 11) is 0. The molecule has 2 aromatic carbocycles. The van der Waals surface area contributed by atoms with Crippen LogP contribution in [0.5, 0.6) is 0 Å². The molecule has 0 saturated heterocycles. The van der Waals surface area contributed by atoms with Gasteiger partial charge in [-0.1, -0.05) is 53.8 Å². The highest BCUT2D eigenvalue weighted by Gasteiger charge is 2.12. The Hall–Kier alpha value is -3.30. The average molecular weight is 483 g/mol. The normalized spacial score (nSPS) is 10.6. The molecular weight excluding hydrogens is 468 g/mol. The van der Waals surface area contributed by atoms with Crippen molar-refractivity contribution >= 4 is 49.9 Å². The van der Waals surface area contributed by atoms with Gasteiger partial charge >= 0.3 is 0 Å². The second-order valence-electron chi connectivity index (χ2n) is 6.26. The number of halogens is 1. The molecule has 0 fully saturated rings. The van der Waals surface area contributed by atoms with Gasteiger partial charge in [-0.2, -0.15) is 0 Å². The van der Waals surface area contributed by atoms with Crippen molar-refractivity contribution in [2.24, 2.45) is 0 Å². The van der Waals surface area contributed by atoms with Gasteiger partial charge in [0.25, 0.3) is 5.91 Å². The summed E-state index contributed by atoms with van der Waals surface area (Å²) in [5, 5.41) is 14.8. The highest BCUT2D eigenvalue weighted by molar-refractivity contribution is 9.10. The van der Waals surface area contributed by atoms with Crippen LogP contribution in [0.1, 0.15) is 16.1 Å². The molecular formula is C21H15BrN4O3S. The van der Waals surface area contributed by atoms with Crippen LogP contribution in [0.25, 0.3) is 10.6 Å². The molecule has 30 heavy (non-hydrogen) atoms. The standard InChI is InChI=1S/C21H15BrN4O3S/c22-17-11-10-16(29-17)19(28)23-15-8-6-13(7-9-15)12-18(27)24-21-26-25-20(30-21)14-4-2-1-3-5-14/h1-11H,12H2,(H,23,28)(H,24,26,27). The fourth-order valence-corrected chi connectivity index (χ4v) is 3.73. The summed E-state index contributed by atoms with van der Waals surface area (Å²) in [6.45, 7) is 0. The Morgan fingerprint density at radius 3 is 2.40 bits per heavy atom. The van der Waals surface area contributed by atoms with E-state index in [1.165, 1.54) is 11.3 Å². The van der Waals surface area contributed by atoms with Crippen LogP contribution in [0.15, 0.2) is 75.8 Å². The molecule has 0 aliphatic heterocycles. The van der Waals surface area contributed by atoms with Crippen molar-refractivity contribution in [1.29, 1.82) is 0 Å². The minimum atomic E-state index is -0.350. The molecule has 0 aliphatic carbocycles. The summed E-state index contributed by atoms with van der Waals surface area (Å²) >= 11 is 4.48. The van der Waals surface area contributed by atoms with Crippen molar-refractivity contribution in [2.75, 3.05) is 10.6 Å². The number of carbonyl (C=O) groups excluding carboxylic acids is 2. The van der Waals surface area contributed by atoms with E-state index < -0.39 is 0 Å². The van der Waals surface area contributed by atoms with Crippen molar-refractivity contribution in [3.05, 3.63) is 82.7 Å². The molecule has 2 heterocycles. The molecule has 0 bridgehead atoms. The summed E-state index contributed by atoms with van der Waals surface area (Å²) in [4.78, 5) is 24.4. The van der Waals surface area contributed by atoms with E-state index >= 15 is 0 Å². The molecule has 9 heteroatoms. The van der Waals surface area contributed by atoms with E-state index in [1.54, 1.807) is 36.4 Å². The van der Waals surface area contributed by atoms with Gasteiger partial charge in [0.05, 0.1) is 6.42 Å². The molecule has 0 unspecified atom stereocenters. The highest BCUT2D eigenvalue weighted by Crippen LogP contribution is 2.26. The number of carbonyl (C=O) groups is 2. The first-order valence-electron chi connectivity index (χ1n) is 8.91. The SMILES string of the molecule is O=C(Cc1ccc(NC(=O)c2ccc(Br)o2)cc1)Nc1nnc(-c2ccccc2)s1. The third-order valence-corrected chi connectivity index (χ3v) is 5.38. The molecule has 0 saturated carbocycles. The topological polar surface area (TPSA) is 97.1 Å². The first-order chi connectivity index (χ1) is 14.6. The predicted molar refractivity (Wildman–Crippen MR) is 118 cm³/mol. The fourth-order valence-electron chi connectivity index (χ4n) is 2.65. The van der Waals surface area contributed by atoms with Crippen molar-refractivity contribution < 1.29 is 14.0 Å². The monoisotopic (exact) mass is 482 g/mol. The van der Waals surface area contributed by atoms with Crippen LogP contribution in [0.3, 0.4) is 0 Å². The van der Waals surface area contributed by atoms with Gasteiger partial charge < -0.3 is 15.1 Å². The van der Waals surface area contributed by atoms with E-state index in [1.807, 2.05) is 30.3 Å². The van der Waals surface area contributed by atoms with Gasteiger partial charge in [-0.05, 0) is 45.8 Å². The van der Waals surface area contributed by atoms with Crippen molar-refractivity contribution in [1.82, 2.24) is 10.2 Å². The summed E-state index contributed by atoms with van der Waals surface area (Å²) in [6, 6.07) is 19.9. The van der Waals surface area contributed by atoms with Crippen molar-refractivity contribution in [3.8, 4) is 10.6 Å². The second-order valence-corrected chi connectivity index (χ2v) is 8.02. The maximum absolute atomic E-state index is 12.3. The maximum atomic E-state index is 12.3. The molecule has 150 valence electrons. The zero-order valence-corrected chi connectivity index (χ0v) is 17.9. The molecule has 0 spiro atoms. The number of rotatable bonds is 6. The zero-order chi connectivity index (χ0) is 20.9. The lowest BCUT2D eigenvalue weighted by molar-refractivity contribution is -0.115. The van der Waals surface area contributed by atoms with Gasteiger partial charge in [0, 0.05) is 11.3 Å². The van der Waals surface area contributed by atoms with Crippen LogP contribution in [-0.4, -0.2) is 22.0 Å². The van der Waals surface area contributed by atoms with Gasteiger partial charge in [0.1, 0.15) is 5.01 Å². The van der Waals surface area contributed by atoms with Gasteiger partial charge in [-0.15, -0.1) is 10.2 Å². The lowest BCUT2D eigenvalue weighted by Crippen LogP contribution is -2.14. The Morgan fingerprint density at radius 2 is 1.70 bits per heavy atom. The highest BCUT2D eigenvalue weighted by atomic mass is 79.9. The third kappa shape index (κ3) is 5.00. The van der Waals surface area contributed by atoms with E-state index in [9.17, 15) is 9.59 Å². The lowest BCUT2D eigenvalue weighted by Gasteiger charge is -2.05. The lowest BCUT2D eigenvalue weighted by atomic mass is 10.1. The number of amides is 2. The largest absolute Gasteiger partial charge is 0.444 e. The maximum Gasteiger partial charge on any atom is 0.291 e. The number of nitrogens with zero attached hydrogens (tertiary/aromatic N) is 2. The van der Waals surface area contributed by atoms with Crippen molar-refractivity contribution in [2.45, 2.75) is 6.42 Å². The van der Waals surface area contributed by atoms with E-state index in [2.05, 4.69) is 36.8 Å². The number of hydrogen-bond acceptors (Lipinski definition) is 6. The number of aromatic nitrogens is 2. The Morgan fingerprint density at radius 1 is 0.933 bits per heavy atom. The van der Waals surface area contributed by atoms with E-state index in [-0.39, 0.29) is 24.0 Å². The molecule has 0 atom stereocenters. The predicted octanol–water partition coefficient (Wildman–Crippen LogP) is 4.99. The minimum absolute atomic E-state index is 0.180. The zero-order valence-electron chi connectivity index (χ0n) is 15.5. The third-order valence-electron chi connectivity index (χ3n) is 4.07. The number of benzene rings is 2. The second kappa shape index (κ2) is 9.02. The van der Waals surface area contributed by atoms with E-state index in [0.717, 1.165) is 16.1 Å². The average Bonchev–Trinajstić information content (AvgIpc) is 3.39. The smallest absolute Gasteiger partial charge is 0.291 e. The van der Waals surface area contributed by atoms with Crippen LogP contribution in [-0.2, 0) is 11.2 Å². The van der Waals surface area contributed by atoms with Gasteiger partial charge in [0.2, 0.25) is 11.0 Å². The van der Waals surface area contributed by atoms with Crippen molar-refractivity contribution in [3.63, 3.8) is 0 Å². The van der Waals surface area contributed by atoms with E-state index in [4.69, 9.17) is 4.42 Å². The Balaban J connectivity index is 1.33. The summed E-state index contributed by atoms with van der Waals surface area (Å²) in [5.41, 5.74) is 2.36. The Labute approximate surface area is 184 Å². The van der Waals surface area contributed by atoms with Gasteiger partial charge in [-0.3, -0.25) is 9.59 Å². The van der Waals surface area contributed by atoms with Crippen LogP contribution in [0.2, 0.25) is 0 Å². The molecule has 0 aliphatic rings. The minimum Gasteiger partial charge on any atom is -0.444 e. The quantitative estimate of drug-likeness (QED) is 0.403. The first-order valence-corrected chi connectivity index (χ1v) is 10.5. The van der Waals surface area contributed by atoms with E-state index in [0.29, 0.717) is 15.5 Å². The summed E-state index contributed by atoms with van der Waals surface area (Å²) < 4.78 is 5.71. The number of hydrogen-bond donors (Lipinski definition) is 2. The Bertz CT molecular complexity index is 1170. The Kier molecular flexibility index (Phi) is 6.01. The molecule has 7 nitrogen and oxygen atoms in total. The number of furan rings is 1. The first kappa shape index (κ1) is 20.0. The molecule has 4 aromatic rings. The molecule has 0 radical (unpaired) electrons. The summed E-state index contributed by atoms with van der Waals surface area (Å²) in [5.74, 6) is -0.336. The van der Waals surface area contributed by atoms with Gasteiger partial charge in [0.15, 0.2) is 10.4 Å². The van der Waals surface area contributed by atoms with Gasteiger partial charge in [-0.25, -0.2) is 0 Å². The molecule has 4 rings (SSSR count). The van der Waals surface area contributed by atoms with Crippen LogP contribution in [0.4, 0.5) is 10.8 Å². The summed E-state index contributed by atoms with van der Waals surface area (Å²) in [6.07, 6.45) is 0.180. The van der Waals surface area contributed by atoms with Crippen LogP contribution in [0, 0.1) is 0 Å². The number of anilines is 2. The van der Waals surface area contributed by atoms with Crippen LogP contribution >= 0.6 is 27.3 Å². The molecule has 2 N–H and O–H groups in total. The molecule has 2 amide bonds. The molecule has 2 aromatic heterocycles. The van der Waals surface area contributed by atoms with Crippen LogP contribution < -0.4 is 10.6 Å².